The Labute approximate surface area is 123 Å². The fraction of sp³-hybridized carbons (Fsp3) is 0.375. The summed E-state index contributed by atoms with van der Waals surface area (Å²) in [7, 11) is 1.43. The van der Waals surface area contributed by atoms with Gasteiger partial charge in [-0.25, -0.2) is 4.79 Å². The third-order valence-electron chi connectivity index (χ3n) is 3.60. The van der Waals surface area contributed by atoms with Crippen molar-refractivity contribution in [2.24, 2.45) is 5.92 Å². The standard InChI is InChI=1S/C16H19NO4/c1-21-14-9-11(7-8-13(14)16(19)20)10-17-15(18)12-5-3-2-4-6-12/h2-3,7-9,12H,4-6,10H2,1H3,(H,17,18)(H,19,20)/t12-/m1/s1. The molecular weight excluding hydrogens is 270 g/mol. The zero-order valence-electron chi connectivity index (χ0n) is 12.0. The van der Waals surface area contributed by atoms with Crippen molar-refractivity contribution in [2.75, 3.05) is 7.11 Å². The first kappa shape index (κ1) is 15.1. The van der Waals surface area contributed by atoms with E-state index >= 15 is 0 Å². The molecule has 0 spiro atoms. The molecule has 21 heavy (non-hydrogen) atoms. The average Bonchev–Trinajstić information content (AvgIpc) is 2.52. The number of carboxylic acid groups (broad SMARTS) is 1. The summed E-state index contributed by atoms with van der Waals surface area (Å²) in [5.41, 5.74) is 0.932. The number of hydrogen-bond acceptors (Lipinski definition) is 3. The van der Waals surface area contributed by atoms with Crippen LogP contribution >= 0.6 is 0 Å². The molecule has 0 unspecified atom stereocenters. The van der Waals surface area contributed by atoms with Crippen molar-refractivity contribution < 1.29 is 19.4 Å². The van der Waals surface area contributed by atoms with Crippen molar-refractivity contribution in [1.82, 2.24) is 5.32 Å². The number of amides is 1. The minimum absolute atomic E-state index is 0.0372. The molecule has 2 N–H and O–H groups in total. The van der Waals surface area contributed by atoms with Crippen LogP contribution in [-0.2, 0) is 11.3 Å². The Morgan fingerprint density at radius 1 is 1.38 bits per heavy atom. The first-order chi connectivity index (χ1) is 10.1. The van der Waals surface area contributed by atoms with Crippen molar-refractivity contribution >= 4 is 11.9 Å². The van der Waals surface area contributed by atoms with Crippen molar-refractivity contribution in [2.45, 2.75) is 25.8 Å². The van der Waals surface area contributed by atoms with E-state index < -0.39 is 5.97 Å². The first-order valence-electron chi connectivity index (χ1n) is 6.94. The quantitative estimate of drug-likeness (QED) is 0.816. The molecule has 1 atom stereocenters. The number of nitrogens with one attached hydrogen (secondary N) is 1. The Hall–Kier alpha value is -2.30. The minimum atomic E-state index is -1.03. The van der Waals surface area contributed by atoms with Gasteiger partial charge in [-0.2, -0.15) is 0 Å². The number of methoxy groups -OCH3 is 1. The third-order valence-corrected chi connectivity index (χ3v) is 3.60. The molecule has 0 bridgehead atoms. The highest BCUT2D eigenvalue weighted by atomic mass is 16.5. The molecule has 1 aliphatic carbocycles. The van der Waals surface area contributed by atoms with Crippen LogP contribution in [-0.4, -0.2) is 24.1 Å². The maximum atomic E-state index is 12.0. The van der Waals surface area contributed by atoms with Crippen LogP contribution in [0.1, 0.15) is 35.2 Å². The fourth-order valence-electron chi connectivity index (χ4n) is 2.39. The zero-order valence-corrected chi connectivity index (χ0v) is 12.0. The largest absolute Gasteiger partial charge is 0.496 e. The van der Waals surface area contributed by atoms with Crippen LogP contribution in [0, 0.1) is 5.92 Å². The molecule has 1 aliphatic rings. The highest BCUT2D eigenvalue weighted by molar-refractivity contribution is 5.91. The van der Waals surface area contributed by atoms with Crippen LogP contribution in [0.25, 0.3) is 0 Å². The van der Waals surface area contributed by atoms with Gasteiger partial charge in [0.05, 0.1) is 7.11 Å². The molecule has 0 aromatic heterocycles. The number of ether oxygens (including phenoxy) is 1. The van der Waals surface area contributed by atoms with Gasteiger partial charge in [0, 0.05) is 12.5 Å². The predicted molar refractivity (Wildman–Crippen MR) is 78.3 cm³/mol. The van der Waals surface area contributed by atoms with E-state index in [0.717, 1.165) is 24.8 Å². The molecule has 1 aromatic rings. The second kappa shape index (κ2) is 6.92. The summed E-state index contributed by atoms with van der Waals surface area (Å²) < 4.78 is 5.07. The SMILES string of the molecule is COc1cc(CNC(=O)[C@@H]2CC=CCC2)ccc1C(=O)O. The van der Waals surface area contributed by atoms with E-state index in [1.807, 2.05) is 6.08 Å². The third kappa shape index (κ3) is 3.84. The van der Waals surface area contributed by atoms with Crippen molar-refractivity contribution in [3.63, 3.8) is 0 Å². The van der Waals surface area contributed by atoms with E-state index in [2.05, 4.69) is 11.4 Å². The number of carbonyl (C=O) groups excluding carboxylic acids is 1. The topological polar surface area (TPSA) is 75.6 Å². The molecule has 0 radical (unpaired) electrons. The Kier molecular flexibility index (Phi) is 4.98. The number of carbonyl (C=O) groups is 2. The fourth-order valence-corrected chi connectivity index (χ4v) is 2.39. The van der Waals surface area contributed by atoms with Gasteiger partial charge in [0.15, 0.2) is 0 Å². The van der Waals surface area contributed by atoms with Crippen LogP contribution in [0.2, 0.25) is 0 Å². The molecule has 0 saturated carbocycles. The predicted octanol–water partition coefficient (Wildman–Crippen LogP) is 2.37. The Balaban J connectivity index is 1.98. The average molecular weight is 289 g/mol. The van der Waals surface area contributed by atoms with Gasteiger partial charge >= 0.3 is 5.97 Å². The number of rotatable bonds is 5. The molecule has 0 heterocycles. The summed E-state index contributed by atoms with van der Waals surface area (Å²) in [5.74, 6) is -0.651. The summed E-state index contributed by atoms with van der Waals surface area (Å²) in [5, 5.41) is 11.9. The van der Waals surface area contributed by atoms with Gasteiger partial charge in [-0.3, -0.25) is 4.79 Å². The molecule has 1 amide bonds. The van der Waals surface area contributed by atoms with Crippen LogP contribution in [0.5, 0.6) is 5.75 Å². The van der Waals surface area contributed by atoms with Crippen molar-refractivity contribution in [3.05, 3.63) is 41.5 Å². The van der Waals surface area contributed by atoms with Gasteiger partial charge in [-0.15, -0.1) is 0 Å². The van der Waals surface area contributed by atoms with E-state index in [9.17, 15) is 9.59 Å². The number of carboxylic acids is 1. The minimum Gasteiger partial charge on any atom is -0.496 e. The zero-order chi connectivity index (χ0) is 15.2. The summed E-state index contributed by atoms with van der Waals surface area (Å²) in [6.45, 7) is 0.370. The summed E-state index contributed by atoms with van der Waals surface area (Å²) in [4.78, 5) is 23.0. The lowest BCUT2D eigenvalue weighted by Gasteiger charge is -2.17. The van der Waals surface area contributed by atoms with Gasteiger partial charge in [0.1, 0.15) is 11.3 Å². The lowest BCUT2D eigenvalue weighted by Crippen LogP contribution is -2.30. The molecule has 0 fully saturated rings. The molecular formula is C16H19NO4. The molecule has 5 heteroatoms. The normalized spacial score (nSPS) is 17.3. The molecule has 112 valence electrons. The van der Waals surface area contributed by atoms with E-state index in [1.54, 1.807) is 12.1 Å². The number of allylic oxidation sites excluding steroid dienone is 2. The smallest absolute Gasteiger partial charge is 0.339 e. The Morgan fingerprint density at radius 3 is 2.81 bits per heavy atom. The highest BCUT2D eigenvalue weighted by Crippen LogP contribution is 2.21. The van der Waals surface area contributed by atoms with Gasteiger partial charge in [-0.05, 0) is 37.0 Å². The van der Waals surface area contributed by atoms with Gasteiger partial charge in [0.2, 0.25) is 5.91 Å². The van der Waals surface area contributed by atoms with E-state index in [1.165, 1.54) is 13.2 Å². The second-order valence-corrected chi connectivity index (χ2v) is 5.04. The van der Waals surface area contributed by atoms with Crippen LogP contribution in [0.3, 0.4) is 0 Å². The van der Waals surface area contributed by atoms with Crippen molar-refractivity contribution in [3.8, 4) is 5.75 Å². The molecule has 5 nitrogen and oxygen atoms in total. The number of benzene rings is 1. The first-order valence-corrected chi connectivity index (χ1v) is 6.94. The van der Waals surface area contributed by atoms with Gasteiger partial charge < -0.3 is 15.2 Å². The van der Waals surface area contributed by atoms with E-state index in [0.29, 0.717) is 12.3 Å². The summed E-state index contributed by atoms with van der Waals surface area (Å²) in [6, 6.07) is 4.82. The summed E-state index contributed by atoms with van der Waals surface area (Å²) >= 11 is 0. The molecule has 0 aliphatic heterocycles. The molecule has 2 rings (SSSR count). The van der Waals surface area contributed by atoms with Gasteiger partial charge in [0.25, 0.3) is 0 Å². The second-order valence-electron chi connectivity index (χ2n) is 5.04. The number of hydrogen-bond donors (Lipinski definition) is 2. The van der Waals surface area contributed by atoms with E-state index in [-0.39, 0.29) is 17.4 Å². The van der Waals surface area contributed by atoms with Crippen LogP contribution in [0.4, 0.5) is 0 Å². The van der Waals surface area contributed by atoms with Gasteiger partial charge in [-0.1, -0.05) is 18.2 Å². The Morgan fingerprint density at radius 2 is 2.19 bits per heavy atom. The van der Waals surface area contributed by atoms with Crippen LogP contribution in [0.15, 0.2) is 30.4 Å². The van der Waals surface area contributed by atoms with E-state index in [4.69, 9.17) is 9.84 Å². The van der Waals surface area contributed by atoms with Crippen LogP contribution < -0.4 is 10.1 Å². The van der Waals surface area contributed by atoms with Crippen molar-refractivity contribution in [1.29, 1.82) is 0 Å². The Bertz CT molecular complexity index is 565. The molecule has 1 aromatic carbocycles. The summed E-state index contributed by atoms with van der Waals surface area (Å²) in [6.07, 6.45) is 6.74. The maximum Gasteiger partial charge on any atom is 0.339 e. The molecule has 0 saturated heterocycles. The maximum absolute atomic E-state index is 12.0. The number of aromatic carboxylic acids is 1. The highest BCUT2D eigenvalue weighted by Gasteiger charge is 2.18. The monoisotopic (exact) mass is 289 g/mol. The lowest BCUT2D eigenvalue weighted by molar-refractivity contribution is -0.125. The lowest BCUT2D eigenvalue weighted by atomic mass is 9.93.